The molecule has 0 aromatic carbocycles. The van der Waals surface area contributed by atoms with Gasteiger partial charge in [0.2, 0.25) is 0 Å². The molecule has 1 heterocycles. The summed E-state index contributed by atoms with van der Waals surface area (Å²) >= 11 is 1.76. The van der Waals surface area contributed by atoms with E-state index in [0.717, 1.165) is 36.9 Å². The maximum Gasteiger partial charge on any atom is 0.185 e. The molecule has 0 aliphatic rings. The highest BCUT2D eigenvalue weighted by Gasteiger charge is 2.17. The summed E-state index contributed by atoms with van der Waals surface area (Å²) in [6.45, 7) is 7.52. The van der Waals surface area contributed by atoms with Gasteiger partial charge in [0, 0.05) is 44.8 Å². The second kappa shape index (κ2) is 9.28. The second-order valence-electron chi connectivity index (χ2n) is 4.78. The molecule has 0 aliphatic heterocycles. The number of nitrogens with zero attached hydrogens (tertiary/aromatic N) is 2. The Morgan fingerprint density at radius 2 is 1.95 bits per heavy atom. The van der Waals surface area contributed by atoms with Crippen LogP contribution in [0.5, 0.6) is 0 Å². The Bertz CT molecular complexity index is 384. The minimum atomic E-state index is 0.338. The highest BCUT2D eigenvalue weighted by molar-refractivity contribution is 7.15. The van der Waals surface area contributed by atoms with E-state index < -0.39 is 0 Å². The number of aryl methyl sites for hydroxylation is 1. The zero-order valence-electron chi connectivity index (χ0n) is 13.2. The van der Waals surface area contributed by atoms with Crippen LogP contribution < -0.4 is 10.2 Å². The number of hydrogen-bond donors (Lipinski definition) is 1. The van der Waals surface area contributed by atoms with Crippen molar-refractivity contribution in [2.24, 2.45) is 0 Å². The summed E-state index contributed by atoms with van der Waals surface area (Å²) in [5, 5.41) is 4.35. The molecule has 1 aromatic rings. The van der Waals surface area contributed by atoms with Crippen molar-refractivity contribution in [1.82, 2.24) is 10.3 Å². The average molecular weight is 301 g/mol. The molecule has 0 fully saturated rings. The topological polar surface area (TPSA) is 46.6 Å². The van der Waals surface area contributed by atoms with Crippen LogP contribution >= 0.6 is 11.3 Å². The number of methoxy groups -OCH3 is 2. The Labute approximate surface area is 126 Å². The predicted octanol–water partition coefficient (Wildman–Crippen LogP) is 2.22. The van der Waals surface area contributed by atoms with Gasteiger partial charge in [0.05, 0.1) is 12.3 Å². The number of aromatic nitrogens is 1. The molecule has 0 saturated carbocycles. The van der Waals surface area contributed by atoms with Gasteiger partial charge in [-0.05, 0) is 27.3 Å². The Morgan fingerprint density at radius 3 is 2.55 bits per heavy atom. The zero-order valence-corrected chi connectivity index (χ0v) is 14.0. The first-order valence-electron chi connectivity index (χ1n) is 7.01. The number of rotatable bonds is 10. The Hall–Kier alpha value is -0.690. The monoisotopic (exact) mass is 301 g/mol. The van der Waals surface area contributed by atoms with Crippen molar-refractivity contribution in [3.63, 3.8) is 0 Å². The van der Waals surface area contributed by atoms with Crippen molar-refractivity contribution in [3.05, 3.63) is 10.6 Å². The van der Waals surface area contributed by atoms with E-state index in [2.05, 4.69) is 24.1 Å². The first-order chi connectivity index (χ1) is 9.63. The number of nitrogens with one attached hydrogen (secondary N) is 1. The number of ether oxygens (including phenoxy) is 2. The Morgan fingerprint density at radius 1 is 1.25 bits per heavy atom. The van der Waals surface area contributed by atoms with Crippen molar-refractivity contribution in [3.8, 4) is 0 Å². The van der Waals surface area contributed by atoms with Crippen molar-refractivity contribution in [2.75, 3.05) is 52.5 Å². The summed E-state index contributed by atoms with van der Waals surface area (Å²) in [7, 11) is 5.44. The lowest BCUT2D eigenvalue weighted by molar-refractivity contribution is 0.191. The molecule has 0 amide bonds. The van der Waals surface area contributed by atoms with Gasteiger partial charge >= 0.3 is 0 Å². The third-order valence-corrected chi connectivity index (χ3v) is 4.66. The quantitative estimate of drug-likeness (QED) is 0.672. The molecule has 6 heteroatoms. The standard InChI is InChI=1S/C14H27N3O2S/c1-11(15-3)13-12(2)16-14(20-13)17(8-10-19-5)7-6-9-18-4/h11,15H,6-10H2,1-5H3. The minimum absolute atomic E-state index is 0.338. The molecule has 1 unspecified atom stereocenters. The molecule has 0 radical (unpaired) electrons. The molecule has 5 nitrogen and oxygen atoms in total. The van der Waals surface area contributed by atoms with Gasteiger partial charge in [0.1, 0.15) is 0 Å². The molecule has 0 spiro atoms. The molecule has 0 saturated heterocycles. The van der Waals surface area contributed by atoms with Gasteiger partial charge in [0.15, 0.2) is 5.13 Å². The SMILES string of the molecule is CNC(C)c1sc(N(CCCOC)CCOC)nc1C. The largest absolute Gasteiger partial charge is 0.385 e. The maximum absolute atomic E-state index is 5.20. The van der Waals surface area contributed by atoms with Crippen LogP contribution in [0.4, 0.5) is 5.13 Å². The smallest absolute Gasteiger partial charge is 0.185 e. The van der Waals surface area contributed by atoms with Gasteiger partial charge in [0.25, 0.3) is 0 Å². The van der Waals surface area contributed by atoms with Crippen LogP contribution in [0, 0.1) is 6.92 Å². The normalized spacial score (nSPS) is 12.7. The highest BCUT2D eigenvalue weighted by atomic mass is 32.1. The van der Waals surface area contributed by atoms with Gasteiger partial charge in [-0.1, -0.05) is 0 Å². The fourth-order valence-electron chi connectivity index (χ4n) is 1.97. The zero-order chi connectivity index (χ0) is 15.0. The van der Waals surface area contributed by atoms with E-state index in [-0.39, 0.29) is 0 Å². The van der Waals surface area contributed by atoms with E-state index in [1.807, 2.05) is 7.05 Å². The molecule has 1 N–H and O–H groups in total. The van der Waals surface area contributed by atoms with Crippen LogP contribution in [0.1, 0.15) is 30.0 Å². The molecular formula is C14H27N3O2S. The lowest BCUT2D eigenvalue weighted by Gasteiger charge is -2.21. The van der Waals surface area contributed by atoms with E-state index in [1.54, 1.807) is 25.6 Å². The van der Waals surface area contributed by atoms with Crippen LogP contribution in [0.3, 0.4) is 0 Å². The van der Waals surface area contributed by atoms with Crippen molar-refractivity contribution >= 4 is 16.5 Å². The van der Waals surface area contributed by atoms with Crippen LogP contribution in [-0.2, 0) is 9.47 Å². The molecule has 116 valence electrons. The van der Waals surface area contributed by atoms with Crippen LogP contribution in [0.15, 0.2) is 0 Å². The molecular weight excluding hydrogens is 274 g/mol. The van der Waals surface area contributed by atoms with Crippen molar-refractivity contribution in [1.29, 1.82) is 0 Å². The fraction of sp³-hybridized carbons (Fsp3) is 0.786. The van der Waals surface area contributed by atoms with Gasteiger partial charge < -0.3 is 19.7 Å². The molecule has 1 atom stereocenters. The van der Waals surface area contributed by atoms with Crippen molar-refractivity contribution < 1.29 is 9.47 Å². The molecule has 20 heavy (non-hydrogen) atoms. The maximum atomic E-state index is 5.20. The summed E-state index contributed by atoms with van der Waals surface area (Å²) in [5.74, 6) is 0. The van der Waals surface area contributed by atoms with E-state index in [1.165, 1.54) is 4.88 Å². The number of hydrogen-bond acceptors (Lipinski definition) is 6. The molecule has 1 aromatic heterocycles. The third-order valence-electron chi connectivity index (χ3n) is 3.26. The summed E-state index contributed by atoms with van der Waals surface area (Å²) < 4.78 is 10.3. The molecule has 0 bridgehead atoms. The van der Waals surface area contributed by atoms with E-state index in [4.69, 9.17) is 14.5 Å². The summed E-state index contributed by atoms with van der Waals surface area (Å²) in [6.07, 6.45) is 0.996. The van der Waals surface area contributed by atoms with Crippen LogP contribution in [0.25, 0.3) is 0 Å². The van der Waals surface area contributed by atoms with Gasteiger partial charge in [-0.15, -0.1) is 11.3 Å². The van der Waals surface area contributed by atoms with E-state index in [9.17, 15) is 0 Å². The third kappa shape index (κ3) is 5.01. The van der Waals surface area contributed by atoms with Crippen LogP contribution in [-0.4, -0.2) is 52.6 Å². The first kappa shape index (κ1) is 17.4. The summed E-state index contributed by atoms with van der Waals surface area (Å²) in [4.78, 5) is 8.31. The fourth-order valence-corrected chi connectivity index (χ4v) is 3.14. The second-order valence-corrected chi connectivity index (χ2v) is 5.79. The van der Waals surface area contributed by atoms with Crippen molar-refractivity contribution in [2.45, 2.75) is 26.3 Å². The van der Waals surface area contributed by atoms with Gasteiger partial charge in [-0.2, -0.15) is 0 Å². The van der Waals surface area contributed by atoms with Gasteiger partial charge in [-0.25, -0.2) is 4.98 Å². The summed E-state index contributed by atoms with van der Waals surface area (Å²) in [5.41, 5.74) is 1.11. The highest BCUT2D eigenvalue weighted by Crippen LogP contribution is 2.30. The molecule has 1 rings (SSSR count). The Kier molecular flexibility index (Phi) is 8.06. The average Bonchev–Trinajstić information content (AvgIpc) is 2.83. The summed E-state index contributed by atoms with van der Waals surface area (Å²) in [6, 6.07) is 0.338. The van der Waals surface area contributed by atoms with Crippen LogP contribution in [0.2, 0.25) is 0 Å². The Balaban J connectivity index is 2.78. The number of thiazole rings is 1. The van der Waals surface area contributed by atoms with E-state index in [0.29, 0.717) is 12.6 Å². The van der Waals surface area contributed by atoms with Gasteiger partial charge in [-0.3, -0.25) is 0 Å². The lowest BCUT2D eigenvalue weighted by atomic mass is 10.2. The molecule has 0 aliphatic carbocycles. The lowest BCUT2D eigenvalue weighted by Crippen LogP contribution is -2.28. The predicted molar refractivity (Wildman–Crippen MR) is 84.9 cm³/mol. The number of anilines is 1. The first-order valence-corrected chi connectivity index (χ1v) is 7.83. The van der Waals surface area contributed by atoms with E-state index >= 15 is 0 Å². The minimum Gasteiger partial charge on any atom is -0.385 e.